The van der Waals surface area contributed by atoms with Gasteiger partial charge >= 0.3 is 29.8 Å². The number of rotatable bonds is 12. The highest BCUT2D eigenvalue weighted by atomic mass is 16.6. The van der Waals surface area contributed by atoms with E-state index >= 15 is 0 Å². The normalized spacial score (nSPS) is 11.7. The van der Waals surface area contributed by atoms with Crippen LogP contribution in [0.2, 0.25) is 0 Å². The zero-order valence-electron chi connectivity index (χ0n) is 25.7. The second kappa shape index (κ2) is 15.2. The fourth-order valence-corrected chi connectivity index (χ4v) is 3.96. The first-order chi connectivity index (χ1) is 21.7. The number of aryl methyl sites for hydroxylation is 2. The molecule has 0 fully saturated rings. The van der Waals surface area contributed by atoms with E-state index < -0.39 is 48.0 Å². The predicted octanol–water partition coefficient (Wildman–Crippen LogP) is 3.65. The minimum atomic E-state index is -2.34. The number of esters is 4. The molecule has 0 heterocycles. The van der Waals surface area contributed by atoms with E-state index in [1.165, 1.54) is 38.5 Å². The molecule has 242 valence electrons. The first kappa shape index (κ1) is 34.6. The van der Waals surface area contributed by atoms with Gasteiger partial charge in [-0.15, -0.1) is 0 Å². The Balaban J connectivity index is 1.98. The van der Waals surface area contributed by atoms with Gasteiger partial charge in [0.15, 0.2) is 23.0 Å². The van der Waals surface area contributed by atoms with E-state index in [1.54, 1.807) is 25.1 Å². The van der Waals surface area contributed by atoms with Gasteiger partial charge in [-0.1, -0.05) is 6.07 Å². The Bertz CT molecular complexity index is 1680. The van der Waals surface area contributed by atoms with Crippen molar-refractivity contribution < 1.29 is 62.3 Å². The number of carboxylic acid groups (broad SMARTS) is 1. The van der Waals surface area contributed by atoms with Gasteiger partial charge in [0.2, 0.25) is 12.2 Å². The molecule has 2 atom stereocenters. The Morgan fingerprint density at radius 2 is 1.11 bits per heavy atom. The number of methoxy groups -OCH3 is 2. The summed E-state index contributed by atoms with van der Waals surface area (Å²) in [6, 6.07) is 12.0. The van der Waals surface area contributed by atoms with Crippen LogP contribution in [0.15, 0.2) is 54.6 Å². The summed E-state index contributed by atoms with van der Waals surface area (Å²) in [4.78, 5) is 75.0. The monoisotopic (exact) mass is 637 g/mol. The smallest absolute Gasteiger partial charge is 0.349 e. The molecule has 0 radical (unpaired) electrons. The maximum absolute atomic E-state index is 13.5. The molecule has 0 aliphatic carbocycles. The van der Waals surface area contributed by atoms with Crippen molar-refractivity contribution in [1.29, 1.82) is 0 Å². The number of carbonyl (C=O) groups is 6. The standard InChI is InChI=1S/C32H31NO13/c1-16-7-10-22(13-17(16)2)33-29(36)27(45-31(39)20-8-11-23(43-18(3)34)25(14-20)41-5)28(30(37)38)46-32(40)21-9-12-24(44-19(4)35)26(15-21)42-6/h7-15,27-28H,1-6H3,(H,33,36)(H,37,38)/t27-,28+/m0/s1. The van der Waals surface area contributed by atoms with E-state index in [-0.39, 0.29) is 39.8 Å². The molecule has 14 heteroatoms. The Hall–Kier alpha value is -5.92. The number of hydrogen-bond acceptors (Lipinski definition) is 12. The van der Waals surface area contributed by atoms with Crippen LogP contribution in [0.25, 0.3) is 0 Å². The van der Waals surface area contributed by atoms with Gasteiger partial charge in [-0.3, -0.25) is 14.4 Å². The summed E-state index contributed by atoms with van der Waals surface area (Å²) in [6.45, 7) is 5.96. The van der Waals surface area contributed by atoms with Crippen LogP contribution < -0.4 is 24.3 Å². The van der Waals surface area contributed by atoms with Crippen LogP contribution in [0.3, 0.4) is 0 Å². The minimum Gasteiger partial charge on any atom is -0.493 e. The van der Waals surface area contributed by atoms with Gasteiger partial charge in [0.05, 0.1) is 25.3 Å². The number of anilines is 1. The molecule has 14 nitrogen and oxygen atoms in total. The molecular formula is C32H31NO13. The third-order valence-electron chi connectivity index (χ3n) is 6.33. The van der Waals surface area contributed by atoms with E-state index in [4.69, 9.17) is 28.4 Å². The highest BCUT2D eigenvalue weighted by molar-refractivity contribution is 6.01. The van der Waals surface area contributed by atoms with Crippen molar-refractivity contribution in [1.82, 2.24) is 0 Å². The summed E-state index contributed by atoms with van der Waals surface area (Å²) in [5.74, 6) is -6.77. The summed E-state index contributed by atoms with van der Waals surface area (Å²) in [6.07, 6.45) is -4.55. The van der Waals surface area contributed by atoms with Crippen molar-refractivity contribution in [2.75, 3.05) is 19.5 Å². The summed E-state index contributed by atoms with van der Waals surface area (Å²) < 4.78 is 30.9. The van der Waals surface area contributed by atoms with Crippen LogP contribution >= 0.6 is 0 Å². The van der Waals surface area contributed by atoms with E-state index in [0.717, 1.165) is 37.1 Å². The second-order valence-corrected chi connectivity index (χ2v) is 9.70. The highest BCUT2D eigenvalue weighted by Gasteiger charge is 2.41. The Labute approximate surface area is 263 Å². The highest BCUT2D eigenvalue weighted by Crippen LogP contribution is 2.30. The summed E-state index contributed by atoms with van der Waals surface area (Å²) in [5.41, 5.74) is 1.53. The molecule has 3 rings (SSSR count). The third kappa shape index (κ3) is 8.81. The lowest BCUT2D eigenvalue weighted by Crippen LogP contribution is -2.48. The fourth-order valence-electron chi connectivity index (χ4n) is 3.96. The molecule has 0 saturated carbocycles. The molecule has 0 spiro atoms. The number of amides is 1. The van der Waals surface area contributed by atoms with Gasteiger partial charge in [-0.2, -0.15) is 0 Å². The minimum absolute atomic E-state index is 0.0110. The maximum Gasteiger partial charge on any atom is 0.349 e. The van der Waals surface area contributed by atoms with Gasteiger partial charge in [-0.25, -0.2) is 14.4 Å². The molecule has 3 aromatic rings. The molecule has 0 aromatic heterocycles. The van der Waals surface area contributed by atoms with Crippen molar-refractivity contribution in [3.63, 3.8) is 0 Å². The summed E-state index contributed by atoms with van der Waals surface area (Å²) >= 11 is 0. The van der Waals surface area contributed by atoms with E-state index in [2.05, 4.69) is 5.32 Å². The average molecular weight is 638 g/mol. The van der Waals surface area contributed by atoms with Crippen molar-refractivity contribution in [3.8, 4) is 23.0 Å². The molecule has 3 aromatic carbocycles. The van der Waals surface area contributed by atoms with Crippen LogP contribution in [0.4, 0.5) is 5.69 Å². The first-order valence-electron chi connectivity index (χ1n) is 13.5. The average Bonchev–Trinajstić information content (AvgIpc) is 3.00. The Morgan fingerprint density at radius 3 is 1.52 bits per heavy atom. The van der Waals surface area contributed by atoms with Gasteiger partial charge < -0.3 is 38.8 Å². The molecule has 0 aliphatic rings. The van der Waals surface area contributed by atoms with Crippen LogP contribution in [-0.4, -0.2) is 67.3 Å². The fraction of sp³-hybridized carbons (Fsp3) is 0.250. The zero-order valence-corrected chi connectivity index (χ0v) is 25.7. The second-order valence-electron chi connectivity index (χ2n) is 9.70. The first-order valence-corrected chi connectivity index (χ1v) is 13.5. The third-order valence-corrected chi connectivity index (χ3v) is 6.33. The van der Waals surface area contributed by atoms with Crippen LogP contribution in [0.5, 0.6) is 23.0 Å². The number of hydrogen-bond donors (Lipinski definition) is 2. The van der Waals surface area contributed by atoms with Crippen molar-refractivity contribution in [3.05, 3.63) is 76.9 Å². The van der Waals surface area contributed by atoms with Gasteiger partial charge in [0.25, 0.3) is 5.91 Å². The van der Waals surface area contributed by atoms with Crippen molar-refractivity contribution in [2.45, 2.75) is 39.9 Å². The molecular weight excluding hydrogens is 606 g/mol. The lowest BCUT2D eigenvalue weighted by Gasteiger charge is -2.24. The molecule has 2 N–H and O–H groups in total. The summed E-state index contributed by atoms with van der Waals surface area (Å²) in [7, 11) is 2.50. The predicted molar refractivity (Wildman–Crippen MR) is 159 cm³/mol. The van der Waals surface area contributed by atoms with Crippen LogP contribution in [-0.2, 0) is 28.7 Å². The largest absolute Gasteiger partial charge is 0.493 e. The summed E-state index contributed by atoms with van der Waals surface area (Å²) in [5, 5.41) is 12.6. The SMILES string of the molecule is COc1cc(C(=O)O[C@H](C(=O)Nc2ccc(C)c(C)c2)[C@@H](OC(=O)c2ccc(OC(C)=O)c(OC)c2)C(=O)O)ccc1OC(C)=O. The molecule has 0 unspecified atom stereocenters. The van der Waals surface area contributed by atoms with E-state index in [0.29, 0.717) is 0 Å². The zero-order chi connectivity index (χ0) is 34.1. The van der Waals surface area contributed by atoms with Crippen molar-refractivity contribution in [2.24, 2.45) is 0 Å². The van der Waals surface area contributed by atoms with E-state index in [9.17, 15) is 33.9 Å². The number of ether oxygens (including phenoxy) is 6. The number of nitrogens with one attached hydrogen (secondary N) is 1. The lowest BCUT2D eigenvalue weighted by atomic mass is 10.1. The van der Waals surface area contributed by atoms with Crippen LogP contribution in [0, 0.1) is 13.8 Å². The Kier molecular flexibility index (Phi) is 11.4. The molecule has 0 bridgehead atoms. The lowest BCUT2D eigenvalue weighted by molar-refractivity contribution is -0.157. The van der Waals surface area contributed by atoms with Gasteiger partial charge in [-0.05, 0) is 73.5 Å². The molecule has 1 amide bonds. The number of carbonyl (C=O) groups excluding carboxylic acids is 5. The topological polar surface area (TPSA) is 190 Å². The van der Waals surface area contributed by atoms with Crippen molar-refractivity contribution >= 4 is 41.4 Å². The molecule has 46 heavy (non-hydrogen) atoms. The number of benzene rings is 3. The number of aliphatic carboxylic acids is 1. The Morgan fingerprint density at radius 1 is 0.630 bits per heavy atom. The van der Waals surface area contributed by atoms with E-state index in [1.807, 2.05) is 6.92 Å². The van der Waals surface area contributed by atoms with Gasteiger partial charge in [0.1, 0.15) is 0 Å². The quantitative estimate of drug-likeness (QED) is 0.216. The molecule has 0 saturated heterocycles. The van der Waals surface area contributed by atoms with Gasteiger partial charge in [0, 0.05) is 19.5 Å². The maximum atomic E-state index is 13.5. The molecule has 0 aliphatic heterocycles. The van der Waals surface area contributed by atoms with Crippen LogP contribution in [0.1, 0.15) is 45.7 Å². The number of carboxylic acids is 1.